The third-order valence-corrected chi connectivity index (χ3v) is 4.57. The molecule has 0 saturated carbocycles. The zero-order valence-electron chi connectivity index (χ0n) is 12.2. The van der Waals surface area contributed by atoms with E-state index in [1.807, 2.05) is 0 Å². The molecule has 1 aromatic rings. The van der Waals surface area contributed by atoms with Gasteiger partial charge >= 0.3 is 0 Å². The third kappa shape index (κ3) is 4.25. The summed E-state index contributed by atoms with van der Waals surface area (Å²) in [5.74, 6) is 0.274. The van der Waals surface area contributed by atoms with Gasteiger partial charge in [-0.3, -0.25) is 4.79 Å². The molecule has 1 N–H and O–H groups in total. The van der Waals surface area contributed by atoms with Gasteiger partial charge in [-0.1, -0.05) is 29.3 Å². The van der Waals surface area contributed by atoms with Gasteiger partial charge in [0.15, 0.2) is 6.10 Å². The summed E-state index contributed by atoms with van der Waals surface area (Å²) in [7, 11) is 2.08. The van der Waals surface area contributed by atoms with Gasteiger partial charge in [0, 0.05) is 12.6 Å². The summed E-state index contributed by atoms with van der Waals surface area (Å²) in [6.45, 7) is 3.43. The Kier molecular flexibility index (Phi) is 5.73. The molecule has 0 unspecified atom stereocenters. The molecule has 0 aromatic heterocycles. The Morgan fingerprint density at radius 1 is 1.52 bits per heavy atom. The second-order valence-electron chi connectivity index (χ2n) is 5.33. The zero-order chi connectivity index (χ0) is 15.4. The topological polar surface area (TPSA) is 41.6 Å². The van der Waals surface area contributed by atoms with Gasteiger partial charge in [-0.2, -0.15) is 0 Å². The summed E-state index contributed by atoms with van der Waals surface area (Å²) in [4.78, 5) is 14.3. The Balaban J connectivity index is 1.86. The van der Waals surface area contributed by atoms with Gasteiger partial charge in [-0.05, 0) is 45.5 Å². The molecule has 1 aliphatic heterocycles. The minimum atomic E-state index is -0.618. The van der Waals surface area contributed by atoms with Crippen LogP contribution in [0.4, 0.5) is 0 Å². The van der Waals surface area contributed by atoms with Crippen molar-refractivity contribution in [2.45, 2.75) is 31.9 Å². The molecule has 0 spiro atoms. The summed E-state index contributed by atoms with van der Waals surface area (Å²) < 4.78 is 5.59. The van der Waals surface area contributed by atoms with Crippen LogP contribution < -0.4 is 10.1 Å². The SMILES string of the molecule is C[C@H](Oc1cccc(Cl)c1Cl)C(=O)NC[C@@H]1CCCN1C. The Hall–Kier alpha value is -0.970. The lowest BCUT2D eigenvalue weighted by molar-refractivity contribution is -0.127. The molecule has 2 rings (SSSR count). The average molecular weight is 331 g/mol. The molecule has 1 saturated heterocycles. The lowest BCUT2D eigenvalue weighted by atomic mass is 10.2. The number of hydrogen-bond donors (Lipinski definition) is 1. The number of carbonyl (C=O) groups excluding carboxylic acids is 1. The Labute approximate surface area is 135 Å². The summed E-state index contributed by atoms with van der Waals surface area (Å²) in [6.07, 6.45) is 1.68. The maximum atomic E-state index is 12.1. The lowest BCUT2D eigenvalue weighted by Crippen LogP contribution is -2.43. The molecular weight excluding hydrogens is 311 g/mol. The molecule has 0 bridgehead atoms. The van der Waals surface area contributed by atoms with Crippen LogP contribution in [0, 0.1) is 0 Å². The second-order valence-corrected chi connectivity index (χ2v) is 6.12. The largest absolute Gasteiger partial charge is 0.479 e. The highest BCUT2D eigenvalue weighted by molar-refractivity contribution is 6.42. The normalized spacial score (nSPS) is 20.3. The van der Waals surface area contributed by atoms with Gasteiger partial charge in [0.2, 0.25) is 0 Å². The van der Waals surface area contributed by atoms with Gasteiger partial charge in [0.05, 0.1) is 5.02 Å². The van der Waals surface area contributed by atoms with E-state index in [0.717, 1.165) is 13.0 Å². The van der Waals surface area contributed by atoms with Crippen LogP contribution in [-0.2, 0) is 4.79 Å². The quantitative estimate of drug-likeness (QED) is 0.902. The first-order valence-corrected chi connectivity index (χ1v) is 7.83. The molecule has 1 heterocycles. The van der Waals surface area contributed by atoms with Crippen molar-refractivity contribution >= 4 is 29.1 Å². The van der Waals surface area contributed by atoms with Crippen molar-refractivity contribution < 1.29 is 9.53 Å². The number of ether oxygens (including phenoxy) is 1. The smallest absolute Gasteiger partial charge is 0.260 e. The first-order valence-electron chi connectivity index (χ1n) is 7.07. The van der Waals surface area contributed by atoms with Crippen molar-refractivity contribution in [2.24, 2.45) is 0 Å². The minimum absolute atomic E-state index is 0.147. The Bertz CT molecular complexity index is 510. The summed E-state index contributed by atoms with van der Waals surface area (Å²) in [6, 6.07) is 5.53. The third-order valence-electron chi connectivity index (χ3n) is 3.77. The highest BCUT2D eigenvalue weighted by atomic mass is 35.5. The van der Waals surface area contributed by atoms with Gasteiger partial charge in [0.1, 0.15) is 10.8 Å². The number of hydrogen-bond acceptors (Lipinski definition) is 3. The molecule has 2 atom stereocenters. The molecule has 0 radical (unpaired) electrons. The standard InChI is InChI=1S/C15H20Cl2N2O2/c1-10(21-13-7-3-6-12(16)14(13)17)15(20)18-9-11-5-4-8-19(11)2/h3,6-7,10-11H,4-5,8-9H2,1-2H3,(H,18,20)/t10-,11-/m0/s1. The number of benzene rings is 1. The number of likely N-dealkylation sites (tertiary alicyclic amines) is 1. The van der Waals surface area contributed by atoms with Crippen LogP contribution in [0.5, 0.6) is 5.75 Å². The highest BCUT2D eigenvalue weighted by Gasteiger charge is 2.23. The number of nitrogens with one attached hydrogen (secondary N) is 1. The molecule has 1 fully saturated rings. The van der Waals surface area contributed by atoms with Crippen molar-refractivity contribution in [2.75, 3.05) is 20.1 Å². The van der Waals surface area contributed by atoms with E-state index in [-0.39, 0.29) is 5.91 Å². The fourth-order valence-corrected chi connectivity index (χ4v) is 2.75. The van der Waals surface area contributed by atoms with Crippen LogP contribution in [0.25, 0.3) is 0 Å². The van der Waals surface area contributed by atoms with Crippen LogP contribution in [-0.4, -0.2) is 43.1 Å². The summed E-state index contributed by atoms with van der Waals surface area (Å²) in [5.41, 5.74) is 0. The molecule has 1 amide bonds. The first kappa shape index (κ1) is 16.4. The van der Waals surface area contributed by atoms with Crippen LogP contribution >= 0.6 is 23.2 Å². The fraction of sp³-hybridized carbons (Fsp3) is 0.533. The molecule has 6 heteroatoms. The van der Waals surface area contributed by atoms with E-state index in [1.165, 1.54) is 6.42 Å². The number of nitrogens with zero attached hydrogens (tertiary/aromatic N) is 1. The Morgan fingerprint density at radius 2 is 2.29 bits per heavy atom. The summed E-state index contributed by atoms with van der Waals surface area (Å²) in [5, 5.41) is 3.67. The van der Waals surface area contributed by atoms with Gasteiger partial charge in [-0.25, -0.2) is 0 Å². The summed E-state index contributed by atoms with van der Waals surface area (Å²) >= 11 is 12.0. The van der Waals surface area contributed by atoms with E-state index in [4.69, 9.17) is 27.9 Å². The fourth-order valence-electron chi connectivity index (χ4n) is 2.42. The monoisotopic (exact) mass is 330 g/mol. The molecule has 116 valence electrons. The zero-order valence-corrected chi connectivity index (χ0v) is 13.7. The predicted molar refractivity (Wildman–Crippen MR) is 85.2 cm³/mol. The first-order chi connectivity index (χ1) is 9.99. The number of carbonyl (C=O) groups is 1. The number of halogens is 2. The number of amides is 1. The Morgan fingerprint density at radius 3 is 2.95 bits per heavy atom. The van der Waals surface area contributed by atoms with Gasteiger partial charge in [0.25, 0.3) is 5.91 Å². The van der Waals surface area contributed by atoms with E-state index in [2.05, 4.69) is 17.3 Å². The van der Waals surface area contributed by atoms with Crippen molar-refractivity contribution in [1.82, 2.24) is 10.2 Å². The van der Waals surface area contributed by atoms with Crippen LogP contribution in [0.3, 0.4) is 0 Å². The molecule has 1 aromatic carbocycles. The second kappa shape index (κ2) is 7.34. The number of likely N-dealkylation sites (N-methyl/N-ethyl adjacent to an activating group) is 1. The molecule has 21 heavy (non-hydrogen) atoms. The lowest BCUT2D eigenvalue weighted by Gasteiger charge is -2.21. The van der Waals surface area contributed by atoms with Gasteiger partial charge < -0.3 is 15.0 Å². The molecule has 1 aliphatic rings. The predicted octanol–water partition coefficient (Wildman–Crippen LogP) is 2.97. The van der Waals surface area contributed by atoms with Crippen LogP contribution in [0.2, 0.25) is 10.0 Å². The minimum Gasteiger partial charge on any atom is -0.479 e. The van der Waals surface area contributed by atoms with E-state index in [1.54, 1.807) is 25.1 Å². The average Bonchev–Trinajstić information content (AvgIpc) is 2.86. The highest BCUT2D eigenvalue weighted by Crippen LogP contribution is 2.32. The molecular formula is C15H20Cl2N2O2. The van der Waals surface area contributed by atoms with Crippen molar-refractivity contribution in [1.29, 1.82) is 0 Å². The van der Waals surface area contributed by atoms with Crippen molar-refractivity contribution in [3.8, 4) is 5.75 Å². The van der Waals surface area contributed by atoms with E-state index in [0.29, 0.717) is 28.4 Å². The maximum absolute atomic E-state index is 12.1. The maximum Gasteiger partial charge on any atom is 0.260 e. The van der Waals surface area contributed by atoms with Crippen LogP contribution in [0.15, 0.2) is 18.2 Å². The molecule has 0 aliphatic carbocycles. The van der Waals surface area contributed by atoms with Crippen LogP contribution in [0.1, 0.15) is 19.8 Å². The van der Waals surface area contributed by atoms with E-state index in [9.17, 15) is 4.79 Å². The van der Waals surface area contributed by atoms with E-state index < -0.39 is 6.10 Å². The molecule has 4 nitrogen and oxygen atoms in total. The van der Waals surface area contributed by atoms with Gasteiger partial charge in [-0.15, -0.1) is 0 Å². The van der Waals surface area contributed by atoms with Crippen molar-refractivity contribution in [3.63, 3.8) is 0 Å². The van der Waals surface area contributed by atoms with E-state index >= 15 is 0 Å². The van der Waals surface area contributed by atoms with Crippen molar-refractivity contribution in [3.05, 3.63) is 28.2 Å². The number of rotatable bonds is 5.